The highest BCUT2D eigenvalue weighted by Gasteiger charge is 2.72. The molecule has 0 N–H and O–H groups in total. The molecule has 136 valence electrons. The highest BCUT2D eigenvalue weighted by molar-refractivity contribution is 5.87. The summed E-state index contributed by atoms with van der Waals surface area (Å²) in [5.41, 5.74) is -0.634. The number of benzene rings is 1. The van der Waals surface area contributed by atoms with Crippen molar-refractivity contribution in [3.8, 4) is 5.75 Å². The fourth-order valence-electron chi connectivity index (χ4n) is 4.62. The predicted molar refractivity (Wildman–Crippen MR) is 91.6 cm³/mol. The van der Waals surface area contributed by atoms with Crippen LogP contribution in [-0.2, 0) is 19.0 Å². The number of carbonyl (C=O) groups excluding carboxylic acids is 1. The number of ether oxygens (including phenoxy) is 4. The van der Waals surface area contributed by atoms with Gasteiger partial charge < -0.3 is 18.9 Å². The Kier molecular flexibility index (Phi) is 4.13. The first-order valence-electron chi connectivity index (χ1n) is 9.06. The van der Waals surface area contributed by atoms with Crippen LogP contribution in [0.1, 0.15) is 26.7 Å². The Balaban J connectivity index is 1.41. The summed E-state index contributed by atoms with van der Waals surface area (Å²) in [5, 5.41) is 0. The molecule has 0 radical (unpaired) electrons. The third kappa shape index (κ3) is 2.88. The van der Waals surface area contributed by atoms with Crippen molar-refractivity contribution in [2.45, 2.75) is 50.1 Å². The number of Topliss-reactive ketones (excluding diaryl/α,β-unsaturated/α-hetero) is 1. The minimum Gasteiger partial charge on any atom is -0.493 e. The standard InChI is InChI=1S/C20H26O5/c1-13-11-20(12-24-20)18(17(22-3)16(13)21)19(2)15(25-19)9-10-23-14-7-5-4-6-8-14/h4-8,13,15,17-18H,9-12H2,1-3H3/t13-,15+,17+,18+,19?,20-/m0/s1. The van der Waals surface area contributed by atoms with Gasteiger partial charge in [-0.3, -0.25) is 4.79 Å². The van der Waals surface area contributed by atoms with Gasteiger partial charge >= 0.3 is 0 Å². The fraction of sp³-hybridized carbons (Fsp3) is 0.650. The number of epoxide rings is 2. The zero-order chi connectivity index (χ0) is 17.7. The second-order valence-corrected chi connectivity index (χ2v) is 7.74. The topological polar surface area (TPSA) is 60.6 Å². The molecule has 1 saturated carbocycles. The van der Waals surface area contributed by atoms with Crippen molar-refractivity contribution in [2.24, 2.45) is 11.8 Å². The summed E-state index contributed by atoms with van der Waals surface area (Å²) in [6.45, 7) is 5.34. The van der Waals surface area contributed by atoms with E-state index in [1.807, 2.05) is 37.3 Å². The highest BCUT2D eigenvalue weighted by Crippen LogP contribution is 2.59. The van der Waals surface area contributed by atoms with Crippen molar-refractivity contribution < 1.29 is 23.7 Å². The molecule has 1 aliphatic carbocycles. The normalized spacial score (nSPS) is 42.4. The minimum absolute atomic E-state index is 0.0223. The maximum atomic E-state index is 12.6. The van der Waals surface area contributed by atoms with Crippen LogP contribution >= 0.6 is 0 Å². The number of methoxy groups -OCH3 is 1. The predicted octanol–water partition coefficient (Wildman–Crippen LogP) is 2.62. The number of hydrogen-bond donors (Lipinski definition) is 0. The van der Waals surface area contributed by atoms with E-state index in [0.29, 0.717) is 13.2 Å². The first kappa shape index (κ1) is 17.0. The lowest BCUT2D eigenvalue weighted by Crippen LogP contribution is -2.55. The zero-order valence-corrected chi connectivity index (χ0v) is 15.1. The van der Waals surface area contributed by atoms with E-state index >= 15 is 0 Å². The first-order chi connectivity index (χ1) is 12.0. The van der Waals surface area contributed by atoms with Gasteiger partial charge in [-0.25, -0.2) is 0 Å². The molecule has 3 fully saturated rings. The molecule has 1 aromatic carbocycles. The van der Waals surface area contributed by atoms with Crippen LogP contribution < -0.4 is 4.74 Å². The summed E-state index contributed by atoms with van der Waals surface area (Å²) < 4.78 is 23.3. The van der Waals surface area contributed by atoms with Crippen molar-refractivity contribution in [3.05, 3.63) is 30.3 Å². The smallest absolute Gasteiger partial charge is 0.164 e. The van der Waals surface area contributed by atoms with Gasteiger partial charge in [0.25, 0.3) is 0 Å². The third-order valence-corrected chi connectivity index (χ3v) is 6.04. The van der Waals surface area contributed by atoms with E-state index in [-0.39, 0.29) is 34.9 Å². The Morgan fingerprint density at radius 2 is 2.00 bits per heavy atom. The molecule has 1 aromatic rings. The Bertz CT molecular complexity index is 641. The molecule has 4 rings (SSSR count). The molecule has 0 amide bonds. The highest BCUT2D eigenvalue weighted by atomic mass is 16.6. The monoisotopic (exact) mass is 346 g/mol. The maximum absolute atomic E-state index is 12.6. The fourth-order valence-corrected chi connectivity index (χ4v) is 4.62. The van der Waals surface area contributed by atoms with Crippen LogP contribution in [0.25, 0.3) is 0 Å². The van der Waals surface area contributed by atoms with Gasteiger partial charge in [-0.1, -0.05) is 25.1 Å². The van der Waals surface area contributed by atoms with Gasteiger partial charge in [-0.15, -0.1) is 0 Å². The molecule has 2 aliphatic heterocycles. The molecule has 2 heterocycles. The second kappa shape index (κ2) is 6.08. The summed E-state index contributed by atoms with van der Waals surface area (Å²) in [7, 11) is 1.61. The van der Waals surface area contributed by atoms with E-state index in [9.17, 15) is 4.79 Å². The summed E-state index contributed by atoms with van der Waals surface area (Å²) in [6.07, 6.45) is 1.18. The van der Waals surface area contributed by atoms with Gasteiger partial charge in [-0.2, -0.15) is 0 Å². The third-order valence-electron chi connectivity index (χ3n) is 6.04. The second-order valence-electron chi connectivity index (χ2n) is 7.74. The van der Waals surface area contributed by atoms with Crippen molar-refractivity contribution >= 4 is 5.78 Å². The molecule has 25 heavy (non-hydrogen) atoms. The molecule has 5 nitrogen and oxygen atoms in total. The lowest BCUT2D eigenvalue weighted by atomic mass is 9.66. The molecular weight excluding hydrogens is 320 g/mol. The zero-order valence-electron chi connectivity index (χ0n) is 15.1. The molecule has 0 aromatic heterocycles. The van der Waals surface area contributed by atoms with Crippen molar-refractivity contribution in [3.63, 3.8) is 0 Å². The van der Waals surface area contributed by atoms with Crippen LogP contribution in [0.15, 0.2) is 30.3 Å². The molecule has 6 atom stereocenters. The van der Waals surface area contributed by atoms with Crippen molar-refractivity contribution in [1.82, 2.24) is 0 Å². The quantitative estimate of drug-likeness (QED) is 0.741. The molecule has 0 bridgehead atoms. The largest absolute Gasteiger partial charge is 0.493 e. The molecule has 1 unspecified atom stereocenters. The van der Waals surface area contributed by atoms with Gasteiger partial charge in [0.15, 0.2) is 5.78 Å². The van der Waals surface area contributed by atoms with Crippen LogP contribution in [-0.4, -0.2) is 49.5 Å². The average Bonchev–Trinajstić information content (AvgIpc) is 3.51. The van der Waals surface area contributed by atoms with E-state index < -0.39 is 6.10 Å². The van der Waals surface area contributed by atoms with Gasteiger partial charge in [0.2, 0.25) is 0 Å². The van der Waals surface area contributed by atoms with E-state index in [2.05, 4.69) is 6.92 Å². The first-order valence-corrected chi connectivity index (χ1v) is 9.06. The van der Waals surface area contributed by atoms with E-state index in [4.69, 9.17) is 18.9 Å². The van der Waals surface area contributed by atoms with E-state index in [1.54, 1.807) is 7.11 Å². The Morgan fingerprint density at radius 3 is 2.64 bits per heavy atom. The number of carbonyl (C=O) groups is 1. The number of hydrogen-bond acceptors (Lipinski definition) is 5. The summed E-state index contributed by atoms with van der Waals surface area (Å²) in [5.74, 6) is 0.967. The Labute approximate surface area is 148 Å². The molecule has 1 spiro atoms. The Hall–Kier alpha value is -1.43. The molecular formula is C20H26O5. The van der Waals surface area contributed by atoms with Gasteiger partial charge in [0.1, 0.15) is 23.1 Å². The van der Waals surface area contributed by atoms with Crippen LogP contribution in [0.2, 0.25) is 0 Å². The Morgan fingerprint density at radius 1 is 1.28 bits per heavy atom. The van der Waals surface area contributed by atoms with E-state index in [0.717, 1.165) is 18.6 Å². The lowest BCUT2D eigenvalue weighted by molar-refractivity contribution is -0.148. The van der Waals surface area contributed by atoms with Crippen LogP contribution in [0.4, 0.5) is 0 Å². The van der Waals surface area contributed by atoms with Crippen molar-refractivity contribution in [2.75, 3.05) is 20.3 Å². The van der Waals surface area contributed by atoms with Crippen LogP contribution in [0.3, 0.4) is 0 Å². The summed E-state index contributed by atoms with van der Waals surface area (Å²) >= 11 is 0. The van der Waals surface area contributed by atoms with Crippen LogP contribution in [0, 0.1) is 11.8 Å². The van der Waals surface area contributed by atoms with Gasteiger partial charge in [-0.05, 0) is 25.5 Å². The van der Waals surface area contributed by atoms with Crippen LogP contribution in [0.5, 0.6) is 5.75 Å². The summed E-state index contributed by atoms with van der Waals surface area (Å²) in [6, 6.07) is 9.78. The van der Waals surface area contributed by atoms with Gasteiger partial charge in [0, 0.05) is 19.4 Å². The maximum Gasteiger partial charge on any atom is 0.164 e. The number of rotatable bonds is 6. The average molecular weight is 346 g/mol. The SMILES string of the molecule is CO[C@@H]1C(=O)[C@@H](C)C[C@]2(CO2)[C@H]1C1(C)O[C@@H]1CCOc1ccccc1. The molecule has 5 heteroatoms. The lowest BCUT2D eigenvalue weighted by Gasteiger charge is -2.40. The van der Waals surface area contributed by atoms with Crippen molar-refractivity contribution in [1.29, 1.82) is 0 Å². The molecule has 3 aliphatic rings. The number of ketones is 1. The number of para-hydroxylation sites is 1. The summed E-state index contributed by atoms with van der Waals surface area (Å²) in [4.78, 5) is 12.6. The molecule has 2 saturated heterocycles. The minimum atomic E-state index is -0.448. The van der Waals surface area contributed by atoms with E-state index in [1.165, 1.54) is 0 Å². The van der Waals surface area contributed by atoms with Gasteiger partial charge in [0.05, 0.1) is 25.2 Å².